The van der Waals surface area contributed by atoms with E-state index >= 15 is 0 Å². The first-order valence-electron chi connectivity index (χ1n) is 8.75. The second kappa shape index (κ2) is 9.16. The van der Waals surface area contributed by atoms with Crippen LogP contribution in [0.1, 0.15) is 5.56 Å². The molecule has 0 spiro atoms. The Balaban J connectivity index is 1.42. The van der Waals surface area contributed by atoms with Crippen LogP contribution in [0.5, 0.6) is 5.75 Å². The zero-order valence-electron chi connectivity index (χ0n) is 15.0. The van der Waals surface area contributed by atoms with E-state index in [2.05, 4.69) is 43.2 Å². The number of carbonyl (C=O) groups excluding carboxylic acids is 1. The average Bonchev–Trinajstić information content (AvgIpc) is 2.64. The third kappa shape index (κ3) is 5.56. The first-order valence-corrected chi connectivity index (χ1v) is 9.55. The molecule has 1 aliphatic heterocycles. The van der Waals surface area contributed by atoms with E-state index in [-0.39, 0.29) is 5.91 Å². The quantitative estimate of drug-likeness (QED) is 0.783. The number of amides is 1. The zero-order chi connectivity index (χ0) is 18.4. The van der Waals surface area contributed by atoms with E-state index in [1.54, 1.807) is 7.11 Å². The SMILES string of the molecule is COc1ccc(CN2CCN(CC(=O)Nc3cccc(Br)c3)CC2)cc1. The number of benzene rings is 2. The van der Waals surface area contributed by atoms with Gasteiger partial charge in [0.2, 0.25) is 5.91 Å². The van der Waals surface area contributed by atoms with Gasteiger partial charge >= 0.3 is 0 Å². The van der Waals surface area contributed by atoms with E-state index in [1.807, 2.05) is 36.4 Å². The third-order valence-electron chi connectivity index (χ3n) is 4.51. The predicted octanol–water partition coefficient (Wildman–Crippen LogP) is 3.21. The van der Waals surface area contributed by atoms with Crippen molar-refractivity contribution in [2.45, 2.75) is 6.54 Å². The smallest absolute Gasteiger partial charge is 0.238 e. The Labute approximate surface area is 163 Å². The third-order valence-corrected chi connectivity index (χ3v) is 5.00. The summed E-state index contributed by atoms with van der Waals surface area (Å²) in [6.45, 7) is 5.11. The molecule has 0 aromatic heterocycles. The van der Waals surface area contributed by atoms with Crippen molar-refractivity contribution < 1.29 is 9.53 Å². The van der Waals surface area contributed by atoms with Crippen LogP contribution in [0.25, 0.3) is 0 Å². The summed E-state index contributed by atoms with van der Waals surface area (Å²) in [7, 11) is 1.68. The zero-order valence-corrected chi connectivity index (χ0v) is 16.5. The first-order chi connectivity index (χ1) is 12.6. The minimum atomic E-state index is 0.0340. The molecule has 1 heterocycles. The number of ether oxygens (including phenoxy) is 1. The molecule has 0 saturated carbocycles. The van der Waals surface area contributed by atoms with Crippen LogP contribution in [0.4, 0.5) is 5.69 Å². The van der Waals surface area contributed by atoms with Crippen LogP contribution >= 0.6 is 15.9 Å². The Morgan fingerprint density at radius 1 is 1.08 bits per heavy atom. The lowest BCUT2D eigenvalue weighted by molar-refractivity contribution is -0.117. The van der Waals surface area contributed by atoms with Gasteiger partial charge < -0.3 is 10.1 Å². The molecule has 0 unspecified atom stereocenters. The van der Waals surface area contributed by atoms with Gasteiger partial charge in [-0.05, 0) is 35.9 Å². The largest absolute Gasteiger partial charge is 0.497 e. The molecule has 5 nitrogen and oxygen atoms in total. The topological polar surface area (TPSA) is 44.8 Å². The molecule has 0 atom stereocenters. The number of nitrogens with one attached hydrogen (secondary N) is 1. The minimum Gasteiger partial charge on any atom is -0.497 e. The molecule has 2 aromatic carbocycles. The molecule has 0 bridgehead atoms. The number of methoxy groups -OCH3 is 1. The number of anilines is 1. The molecule has 2 aromatic rings. The Morgan fingerprint density at radius 2 is 1.77 bits per heavy atom. The van der Waals surface area contributed by atoms with Crippen molar-refractivity contribution in [3.8, 4) is 5.75 Å². The Bertz CT molecular complexity index is 728. The summed E-state index contributed by atoms with van der Waals surface area (Å²) in [5.41, 5.74) is 2.11. The molecule has 1 aliphatic rings. The number of hydrogen-bond donors (Lipinski definition) is 1. The number of rotatable bonds is 6. The molecule has 1 amide bonds. The summed E-state index contributed by atoms with van der Waals surface area (Å²) in [6.07, 6.45) is 0. The number of halogens is 1. The Kier molecular flexibility index (Phi) is 6.66. The summed E-state index contributed by atoms with van der Waals surface area (Å²) >= 11 is 3.42. The minimum absolute atomic E-state index is 0.0340. The van der Waals surface area contributed by atoms with Crippen LogP contribution in [0, 0.1) is 0 Å². The summed E-state index contributed by atoms with van der Waals surface area (Å²) < 4.78 is 6.16. The molecular formula is C20H24BrN3O2. The lowest BCUT2D eigenvalue weighted by atomic mass is 10.2. The maximum absolute atomic E-state index is 12.2. The van der Waals surface area contributed by atoms with Gasteiger partial charge in [-0.3, -0.25) is 14.6 Å². The Morgan fingerprint density at radius 3 is 2.42 bits per heavy atom. The first kappa shape index (κ1) is 18.9. The van der Waals surface area contributed by atoms with Crippen molar-refractivity contribution in [2.24, 2.45) is 0 Å². The lowest BCUT2D eigenvalue weighted by Crippen LogP contribution is -2.48. The molecule has 3 rings (SSSR count). The molecule has 1 saturated heterocycles. The molecule has 138 valence electrons. The highest BCUT2D eigenvalue weighted by molar-refractivity contribution is 9.10. The van der Waals surface area contributed by atoms with E-state index in [1.165, 1.54) is 5.56 Å². The van der Waals surface area contributed by atoms with E-state index < -0.39 is 0 Å². The highest BCUT2D eigenvalue weighted by Gasteiger charge is 2.19. The van der Waals surface area contributed by atoms with Crippen molar-refractivity contribution in [1.82, 2.24) is 9.80 Å². The van der Waals surface area contributed by atoms with Crippen LogP contribution < -0.4 is 10.1 Å². The van der Waals surface area contributed by atoms with Crippen molar-refractivity contribution in [1.29, 1.82) is 0 Å². The molecule has 26 heavy (non-hydrogen) atoms. The number of carbonyl (C=O) groups is 1. The fourth-order valence-corrected chi connectivity index (χ4v) is 3.46. The van der Waals surface area contributed by atoms with E-state index in [9.17, 15) is 4.79 Å². The Hall–Kier alpha value is -1.89. The predicted molar refractivity (Wildman–Crippen MR) is 107 cm³/mol. The van der Waals surface area contributed by atoms with Gasteiger partial charge in [0.15, 0.2) is 0 Å². The van der Waals surface area contributed by atoms with Gasteiger partial charge in [-0.1, -0.05) is 34.1 Å². The second-order valence-electron chi connectivity index (χ2n) is 6.46. The summed E-state index contributed by atoms with van der Waals surface area (Å²) in [4.78, 5) is 16.9. The molecule has 0 radical (unpaired) electrons. The van der Waals surface area contributed by atoms with Crippen molar-refractivity contribution in [2.75, 3.05) is 45.2 Å². The monoisotopic (exact) mass is 417 g/mol. The van der Waals surface area contributed by atoms with E-state index in [4.69, 9.17) is 4.74 Å². The van der Waals surface area contributed by atoms with Crippen LogP contribution in [0.15, 0.2) is 53.0 Å². The van der Waals surface area contributed by atoms with Crippen molar-refractivity contribution >= 4 is 27.5 Å². The van der Waals surface area contributed by atoms with Gasteiger partial charge in [0.1, 0.15) is 5.75 Å². The molecule has 1 N–H and O–H groups in total. The lowest BCUT2D eigenvalue weighted by Gasteiger charge is -2.34. The fourth-order valence-electron chi connectivity index (χ4n) is 3.06. The van der Waals surface area contributed by atoms with Gasteiger partial charge in [0, 0.05) is 42.9 Å². The number of hydrogen-bond acceptors (Lipinski definition) is 4. The summed E-state index contributed by atoms with van der Waals surface area (Å²) in [5.74, 6) is 0.918. The molecular weight excluding hydrogens is 394 g/mol. The molecule has 0 aliphatic carbocycles. The second-order valence-corrected chi connectivity index (χ2v) is 7.37. The fraction of sp³-hybridized carbons (Fsp3) is 0.350. The average molecular weight is 418 g/mol. The van der Waals surface area contributed by atoms with E-state index in [0.29, 0.717) is 6.54 Å². The van der Waals surface area contributed by atoms with Crippen molar-refractivity contribution in [3.63, 3.8) is 0 Å². The van der Waals surface area contributed by atoms with Gasteiger partial charge in [-0.25, -0.2) is 0 Å². The van der Waals surface area contributed by atoms with Gasteiger partial charge in [0.05, 0.1) is 13.7 Å². The standard InChI is InChI=1S/C20H24BrN3O2/c1-26-19-7-5-16(6-8-19)14-23-9-11-24(12-10-23)15-20(25)22-18-4-2-3-17(21)13-18/h2-8,13H,9-12,14-15H2,1H3,(H,22,25). The summed E-state index contributed by atoms with van der Waals surface area (Å²) in [6, 6.07) is 15.9. The highest BCUT2D eigenvalue weighted by atomic mass is 79.9. The van der Waals surface area contributed by atoms with Crippen LogP contribution in [0.3, 0.4) is 0 Å². The maximum atomic E-state index is 12.2. The maximum Gasteiger partial charge on any atom is 0.238 e. The van der Waals surface area contributed by atoms with Gasteiger partial charge in [-0.2, -0.15) is 0 Å². The number of nitrogens with zero attached hydrogens (tertiary/aromatic N) is 2. The molecule has 1 fully saturated rings. The summed E-state index contributed by atoms with van der Waals surface area (Å²) in [5, 5.41) is 2.96. The van der Waals surface area contributed by atoms with Crippen LogP contribution in [-0.2, 0) is 11.3 Å². The normalized spacial score (nSPS) is 15.6. The van der Waals surface area contributed by atoms with Crippen LogP contribution in [-0.4, -0.2) is 55.5 Å². The van der Waals surface area contributed by atoms with Crippen LogP contribution in [0.2, 0.25) is 0 Å². The van der Waals surface area contributed by atoms with Gasteiger partial charge in [0.25, 0.3) is 0 Å². The van der Waals surface area contributed by atoms with E-state index in [0.717, 1.165) is 48.6 Å². The highest BCUT2D eigenvalue weighted by Crippen LogP contribution is 2.16. The number of piperazine rings is 1. The van der Waals surface area contributed by atoms with Crippen molar-refractivity contribution in [3.05, 3.63) is 58.6 Å². The van der Waals surface area contributed by atoms with Gasteiger partial charge in [-0.15, -0.1) is 0 Å². The molecule has 6 heteroatoms.